The van der Waals surface area contributed by atoms with Crippen LogP contribution in [0.5, 0.6) is 11.5 Å². The Morgan fingerprint density at radius 1 is 1.41 bits per heavy atom. The highest BCUT2D eigenvalue weighted by molar-refractivity contribution is 5.42. The molecule has 0 aliphatic heterocycles. The first-order valence-electron chi connectivity index (χ1n) is 6.43. The molecule has 3 nitrogen and oxygen atoms in total. The van der Waals surface area contributed by atoms with Crippen molar-refractivity contribution in [3.8, 4) is 11.5 Å². The Labute approximate surface area is 103 Å². The first kappa shape index (κ1) is 12.2. The van der Waals surface area contributed by atoms with Crippen LogP contribution >= 0.6 is 0 Å². The largest absolute Gasteiger partial charge is 0.504 e. The number of ether oxygens (including phenoxy) is 1. The lowest BCUT2D eigenvalue weighted by atomic mass is 9.92. The van der Waals surface area contributed by atoms with Crippen molar-refractivity contribution < 1.29 is 9.84 Å². The Morgan fingerprint density at radius 3 is 2.76 bits per heavy atom. The summed E-state index contributed by atoms with van der Waals surface area (Å²) in [5.74, 6) is 1.31. The molecule has 0 amide bonds. The molecular weight excluding hydrogens is 214 g/mol. The van der Waals surface area contributed by atoms with Crippen molar-refractivity contribution >= 4 is 0 Å². The van der Waals surface area contributed by atoms with Crippen LogP contribution < -0.4 is 10.5 Å². The number of phenols is 1. The molecule has 0 radical (unpaired) electrons. The van der Waals surface area contributed by atoms with Crippen LogP contribution in [-0.4, -0.2) is 11.7 Å². The van der Waals surface area contributed by atoms with E-state index in [4.69, 9.17) is 10.5 Å². The Bertz CT molecular complexity index is 372. The number of hydrogen-bond acceptors (Lipinski definition) is 3. The second-order valence-corrected chi connectivity index (χ2v) is 4.73. The van der Waals surface area contributed by atoms with Crippen LogP contribution in [0.3, 0.4) is 0 Å². The van der Waals surface area contributed by atoms with Crippen molar-refractivity contribution in [3.63, 3.8) is 0 Å². The molecule has 0 unspecified atom stereocenters. The summed E-state index contributed by atoms with van der Waals surface area (Å²) in [5, 5.41) is 9.65. The van der Waals surface area contributed by atoms with Crippen molar-refractivity contribution in [2.45, 2.75) is 38.6 Å². The Kier molecular flexibility index (Phi) is 3.89. The summed E-state index contributed by atoms with van der Waals surface area (Å²) in [6.07, 6.45) is 5.00. The van der Waals surface area contributed by atoms with Crippen molar-refractivity contribution in [2.75, 3.05) is 6.61 Å². The third-order valence-corrected chi connectivity index (χ3v) is 3.58. The van der Waals surface area contributed by atoms with Gasteiger partial charge in [0, 0.05) is 6.04 Å². The summed E-state index contributed by atoms with van der Waals surface area (Å²) < 4.78 is 5.38. The SMILES string of the molecule is CCOc1cc([C@@H](N)C2CCCC2)ccc1O. The summed E-state index contributed by atoms with van der Waals surface area (Å²) in [6.45, 7) is 2.46. The van der Waals surface area contributed by atoms with Gasteiger partial charge in [0.25, 0.3) is 0 Å². The van der Waals surface area contributed by atoms with E-state index < -0.39 is 0 Å². The fraction of sp³-hybridized carbons (Fsp3) is 0.571. The number of nitrogens with two attached hydrogens (primary N) is 1. The van der Waals surface area contributed by atoms with Gasteiger partial charge in [0.2, 0.25) is 0 Å². The number of phenolic OH excluding ortho intramolecular Hbond substituents is 1. The van der Waals surface area contributed by atoms with Gasteiger partial charge in [-0.3, -0.25) is 0 Å². The molecule has 2 rings (SSSR count). The highest BCUT2D eigenvalue weighted by Gasteiger charge is 2.23. The molecule has 94 valence electrons. The molecular formula is C14H21NO2. The zero-order valence-electron chi connectivity index (χ0n) is 10.4. The van der Waals surface area contributed by atoms with Crippen molar-refractivity contribution in [3.05, 3.63) is 23.8 Å². The second kappa shape index (κ2) is 5.41. The molecule has 0 saturated heterocycles. The van der Waals surface area contributed by atoms with Gasteiger partial charge in [0.15, 0.2) is 11.5 Å². The van der Waals surface area contributed by atoms with Gasteiger partial charge < -0.3 is 15.6 Å². The molecule has 1 atom stereocenters. The van der Waals surface area contributed by atoms with Crippen LogP contribution in [0.25, 0.3) is 0 Å². The molecule has 0 aromatic heterocycles. The molecule has 1 aliphatic carbocycles. The molecule has 0 heterocycles. The van der Waals surface area contributed by atoms with Gasteiger partial charge in [-0.2, -0.15) is 0 Å². The number of benzene rings is 1. The van der Waals surface area contributed by atoms with Crippen LogP contribution in [0.1, 0.15) is 44.2 Å². The van der Waals surface area contributed by atoms with E-state index >= 15 is 0 Å². The Hall–Kier alpha value is -1.22. The molecule has 3 N–H and O–H groups in total. The average Bonchev–Trinajstić information content (AvgIpc) is 2.85. The van der Waals surface area contributed by atoms with Crippen LogP contribution in [-0.2, 0) is 0 Å². The zero-order valence-corrected chi connectivity index (χ0v) is 10.4. The van der Waals surface area contributed by atoms with E-state index in [2.05, 4.69) is 0 Å². The first-order chi connectivity index (χ1) is 8.22. The maximum Gasteiger partial charge on any atom is 0.161 e. The Morgan fingerprint density at radius 2 is 2.12 bits per heavy atom. The van der Waals surface area contributed by atoms with Gasteiger partial charge in [-0.05, 0) is 43.4 Å². The van der Waals surface area contributed by atoms with Gasteiger partial charge in [0.05, 0.1) is 6.61 Å². The number of rotatable bonds is 4. The van der Waals surface area contributed by atoms with E-state index in [-0.39, 0.29) is 11.8 Å². The van der Waals surface area contributed by atoms with Crippen molar-refractivity contribution in [1.29, 1.82) is 0 Å². The lowest BCUT2D eigenvalue weighted by Crippen LogP contribution is -2.19. The fourth-order valence-electron chi connectivity index (χ4n) is 2.60. The van der Waals surface area contributed by atoms with E-state index in [0.29, 0.717) is 18.3 Å². The first-order valence-corrected chi connectivity index (χ1v) is 6.43. The minimum atomic E-state index is 0.0670. The molecule has 1 fully saturated rings. The van der Waals surface area contributed by atoms with Crippen molar-refractivity contribution in [2.24, 2.45) is 11.7 Å². The minimum absolute atomic E-state index is 0.0670. The highest BCUT2D eigenvalue weighted by Crippen LogP contribution is 2.36. The monoisotopic (exact) mass is 235 g/mol. The Balaban J connectivity index is 2.16. The maximum atomic E-state index is 9.65. The standard InChI is InChI=1S/C14H21NO2/c1-2-17-13-9-11(7-8-12(13)16)14(15)10-5-3-4-6-10/h7-10,14,16H,2-6,15H2,1H3/t14-/m0/s1. The van der Waals surface area contributed by atoms with Gasteiger partial charge in [-0.1, -0.05) is 18.9 Å². The van der Waals surface area contributed by atoms with E-state index in [0.717, 1.165) is 5.56 Å². The van der Waals surface area contributed by atoms with Gasteiger partial charge in [0.1, 0.15) is 0 Å². The molecule has 1 aromatic rings. The van der Waals surface area contributed by atoms with Gasteiger partial charge >= 0.3 is 0 Å². The smallest absolute Gasteiger partial charge is 0.161 e. The third kappa shape index (κ3) is 2.72. The number of aromatic hydroxyl groups is 1. The average molecular weight is 235 g/mol. The quantitative estimate of drug-likeness (QED) is 0.843. The lowest BCUT2D eigenvalue weighted by molar-refractivity contribution is 0.316. The molecule has 0 spiro atoms. The van der Waals surface area contributed by atoms with E-state index in [1.54, 1.807) is 6.07 Å². The van der Waals surface area contributed by atoms with E-state index in [1.807, 2.05) is 19.1 Å². The van der Waals surface area contributed by atoms with Crippen LogP contribution in [0, 0.1) is 5.92 Å². The molecule has 0 bridgehead atoms. The summed E-state index contributed by atoms with van der Waals surface area (Å²) in [4.78, 5) is 0. The molecule has 1 aliphatic rings. The van der Waals surface area contributed by atoms with Crippen molar-refractivity contribution in [1.82, 2.24) is 0 Å². The minimum Gasteiger partial charge on any atom is -0.504 e. The van der Waals surface area contributed by atoms with Crippen LogP contribution in [0.15, 0.2) is 18.2 Å². The second-order valence-electron chi connectivity index (χ2n) is 4.73. The third-order valence-electron chi connectivity index (χ3n) is 3.58. The summed E-state index contributed by atoms with van der Waals surface area (Å²) in [5.41, 5.74) is 7.35. The lowest BCUT2D eigenvalue weighted by Gasteiger charge is -2.20. The zero-order chi connectivity index (χ0) is 12.3. The van der Waals surface area contributed by atoms with E-state index in [9.17, 15) is 5.11 Å². The predicted octanol–water partition coefficient (Wildman–Crippen LogP) is 2.98. The van der Waals surface area contributed by atoms with E-state index in [1.165, 1.54) is 25.7 Å². The van der Waals surface area contributed by atoms with Gasteiger partial charge in [-0.25, -0.2) is 0 Å². The molecule has 1 aromatic carbocycles. The summed E-state index contributed by atoms with van der Waals surface area (Å²) >= 11 is 0. The maximum absolute atomic E-state index is 9.65. The summed E-state index contributed by atoms with van der Waals surface area (Å²) in [7, 11) is 0. The topological polar surface area (TPSA) is 55.5 Å². The number of hydrogen-bond donors (Lipinski definition) is 2. The molecule has 3 heteroatoms. The van der Waals surface area contributed by atoms with Crippen LogP contribution in [0.4, 0.5) is 0 Å². The predicted molar refractivity (Wildman–Crippen MR) is 68.2 cm³/mol. The fourth-order valence-corrected chi connectivity index (χ4v) is 2.60. The molecule has 1 saturated carbocycles. The van der Waals surface area contributed by atoms with Crippen LogP contribution in [0.2, 0.25) is 0 Å². The summed E-state index contributed by atoms with van der Waals surface area (Å²) in [6, 6.07) is 5.52. The normalized spacial score (nSPS) is 18.2. The highest BCUT2D eigenvalue weighted by atomic mass is 16.5. The van der Waals surface area contributed by atoms with Gasteiger partial charge in [-0.15, -0.1) is 0 Å². The molecule has 17 heavy (non-hydrogen) atoms.